The number of amides is 2. The molecule has 54 heavy (non-hydrogen) atoms. The lowest BCUT2D eigenvalue weighted by Gasteiger charge is -2.58. The minimum atomic E-state index is -1.57. The van der Waals surface area contributed by atoms with E-state index in [1.807, 2.05) is 37.3 Å². The number of rotatable bonds is 16. The number of aromatic nitrogens is 1. The molecule has 3 fully saturated rings. The zero-order valence-electron chi connectivity index (χ0n) is 31.5. The van der Waals surface area contributed by atoms with E-state index in [0.29, 0.717) is 56.9 Å². The van der Waals surface area contributed by atoms with Crippen LogP contribution in [-0.4, -0.2) is 75.3 Å². The Morgan fingerprint density at radius 3 is 2.50 bits per heavy atom. The Labute approximate surface area is 316 Å². The molecule has 12 nitrogen and oxygen atoms in total. The number of H-pyrrole nitrogens is 1. The molecule has 0 unspecified atom stereocenters. The maximum Gasteiger partial charge on any atom is 0.326 e. The first-order chi connectivity index (χ1) is 25.7. The van der Waals surface area contributed by atoms with Crippen LogP contribution in [0.15, 0.2) is 42.1 Å². The number of para-hydroxylation sites is 1. The Bertz CT molecular complexity index is 1820. The number of ether oxygens (including phenoxy) is 1. The smallest absolute Gasteiger partial charge is 0.326 e. The zero-order valence-corrected chi connectivity index (χ0v) is 31.5. The molecule has 0 saturated heterocycles. The lowest BCUT2D eigenvalue weighted by Crippen LogP contribution is -2.58. The van der Waals surface area contributed by atoms with Crippen LogP contribution in [0.1, 0.15) is 109 Å². The number of carbonyl (C=O) groups is 6. The summed E-state index contributed by atoms with van der Waals surface area (Å²) in [6.07, 6.45) is 11.4. The molecule has 5 N–H and O–H groups in total. The highest BCUT2D eigenvalue weighted by atomic mass is 16.5. The van der Waals surface area contributed by atoms with E-state index >= 15 is 0 Å². The number of nitrogens with one attached hydrogen (secondary N) is 3. The van der Waals surface area contributed by atoms with Crippen molar-refractivity contribution in [1.82, 2.24) is 15.6 Å². The normalized spacial score (nSPS) is 29.3. The maximum absolute atomic E-state index is 13.5. The Kier molecular flexibility index (Phi) is 11.8. The predicted octanol–water partition coefficient (Wildman–Crippen LogP) is 5.11. The summed E-state index contributed by atoms with van der Waals surface area (Å²) in [7, 11) is 0. The van der Waals surface area contributed by atoms with Gasteiger partial charge in [0.2, 0.25) is 17.6 Å². The van der Waals surface area contributed by atoms with Crippen LogP contribution in [-0.2, 0) is 39.9 Å². The maximum atomic E-state index is 13.5. The molecule has 2 aromatic rings. The van der Waals surface area contributed by atoms with Crippen molar-refractivity contribution in [3.63, 3.8) is 0 Å². The van der Waals surface area contributed by atoms with Crippen LogP contribution in [0.3, 0.4) is 0 Å². The quantitative estimate of drug-likeness (QED) is 0.115. The number of benzene rings is 1. The van der Waals surface area contributed by atoms with E-state index in [-0.39, 0.29) is 54.6 Å². The fourth-order valence-electron chi connectivity index (χ4n) is 10.5. The van der Waals surface area contributed by atoms with Crippen LogP contribution in [0.4, 0.5) is 0 Å². The van der Waals surface area contributed by atoms with Gasteiger partial charge in [0.25, 0.3) is 0 Å². The molecule has 0 bridgehead atoms. The first-order valence-corrected chi connectivity index (χ1v) is 19.7. The second-order valence-corrected chi connectivity index (χ2v) is 16.6. The third-order valence-corrected chi connectivity index (χ3v) is 13.6. The monoisotopic (exact) mass is 745 g/mol. The Morgan fingerprint density at radius 2 is 1.70 bits per heavy atom. The van der Waals surface area contributed by atoms with Crippen LogP contribution < -0.4 is 10.6 Å². The highest BCUT2D eigenvalue weighted by molar-refractivity contribution is 5.92. The van der Waals surface area contributed by atoms with Gasteiger partial charge in [-0.25, -0.2) is 4.79 Å². The van der Waals surface area contributed by atoms with E-state index in [1.165, 1.54) is 5.57 Å². The molecule has 1 aromatic heterocycles. The summed E-state index contributed by atoms with van der Waals surface area (Å²) in [4.78, 5) is 78.0. The van der Waals surface area contributed by atoms with Crippen LogP contribution in [0.2, 0.25) is 0 Å². The van der Waals surface area contributed by atoms with Gasteiger partial charge in [0.1, 0.15) is 11.6 Å². The lowest BCUT2D eigenvalue weighted by atomic mass is 9.46. The number of Topliss-reactive ketones (excluding diaryl/α,β-unsaturated/α-hetero) is 1. The number of allylic oxidation sites excluding steroid dienone is 1. The zero-order chi connectivity index (χ0) is 38.7. The summed E-state index contributed by atoms with van der Waals surface area (Å²) in [5, 5.41) is 27.8. The summed E-state index contributed by atoms with van der Waals surface area (Å²) in [6, 6.07) is 6.53. The number of fused-ring (bicyclic) bond motifs is 6. The predicted molar refractivity (Wildman–Crippen MR) is 200 cm³/mol. The minimum Gasteiger partial charge on any atom is -0.480 e. The standard InChI is InChI=1S/C42H55N3O9/c1-40-18-15-28(46)23-27(40)11-12-30-31(40)16-19-41(2)32(30)17-20-42(41,53)35(47)25-54-38(50)14-13-36(48)43-21-7-3-4-10-37(49)45-34(39(51)52)22-26-24-44-33-9-6-5-8-29(26)33/h5-6,8-9,23-24,30-32,34,44,53H,3-4,7,10-22,25H2,1-2H3,(H,43,48)(H,45,49)(H,51,52)/t30-,31-,32-,34-,40+,41+,42+/m1/s1. The van der Waals surface area contributed by atoms with E-state index in [0.717, 1.165) is 48.6 Å². The molecule has 3 saturated carbocycles. The van der Waals surface area contributed by atoms with Crippen LogP contribution in [0.5, 0.6) is 0 Å². The molecule has 12 heteroatoms. The SMILES string of the molecule is C[C@]12CCC(=O)C=C1CC[C@@H]1[C@H]2CC[C@@]2(C)[C@@H]1CC[C@]2(O)C(=O)COC(=O)CCC(=O)NCCCCCC(=O)N[C@H](Cc1c[nH]c2ccccc12)C(=O)O. The van der Waals surface area contributed by atoms with Crippen molar-refractivity contribution in [2.24, 2.45) is 28.6 Å². The topological polar surface area (TPSA) is 192 Å². The molecule has 2 amide bonds. The van der Waals surface area contributed by atoms with Gasteiger partial charge in [-0.3, -0.25) is 24.0 Å². The molecule has 0 radical (unpaired) electrons. The largest absolute Gasteiger partial charge is 0.480 e. The van der Waals surface area contributed by atoms with Gasteiger partial charge in [0.05, 0.1) is 6.42 Å². The van der Waals surface area contributed by atoms with Gasteiger partial charge in [-0.05, 0) is 98.7 Å². The first kappa shape index (κ1) is 39.4. The highest BCUT2D eigenvalue weighted by Gasteiger charge is 2.66. The molecular weight excluding hydrogens is 690 g/mol. The molecule has 1 aromatic carbocycles. The summed E-state index contributed by atoms with van der Waals surface area (Å²) in [5.74, 6) is -1.73. The van der Waals surface area contributed by atoms with Gasteiger partial charge in [0.15, 0.2) is 12.4 Å². The van der Waals surface area contributed by atoms with E-state index in [4.69, 9.17) is 4.74 Å². The number of carbonyl (C=O) groups excluding carboxylic acids is 5. The van der Waals surface area contributed by atoms with Crippen molar-refractivity contribution in [2.75, 3.05) is 13.2 Å². The third kappa shape index (κ3) is 7.90. The number of carboxylic acids is 1. The fraction of sp³-hybridized carbons (Fsp3) is 0.619. The fourth-order valence-corrected chi connectivity index (χ4v) is 10.5. The average Bonchev–Trinajstić information content (AvgIpc) is 3.68. The summed E-state index contributed by atoms with van der Waals surface area (Å²) >= 11 is 0. The van der Waals surface area contributed by atoms with Crippen molar-refractivity contribution in [3.8, 4) is 0 Å². The van der Waals surface area contributed by atoms with E-state index < -0.39 is 41.4 Å². The minimum absolute atomic E-state index is 0.00202. The van der Waals surface area contributed by atoms with E-state index in [1.54, 1.807) is 6.20 Å². The van der Waals surface area contributed by atoms with Crippen molar-refractivity contribution >= 4 is 46.2 Å². The number of esters is 1. The van der Waals surface area contributed by atoms with Crippen molar-refractivity contribution < 1.29 is 43.7 Å². The molecule has 4 aliphatic rings. The average molecular weight is 746 g/mol. The Balaban J connectivity index is 0.858. The number of unbranched alkanes of at least 4 members (excludes halogenated alkanes) is 2. The Morgan fingerprint density at radius 1 is 0.926 bits per heavy atom. The second kappa shape index (κ2) is 16.2. The number of hydrogen-bond acceptors (Lipinski definition) is 8. The van der Waals surface area contributed by atoms with E-state index in [9.17, 15) is 39.0 Å². The van der Waals surface area contributed by atoms with Gasteiger partial charge < -0.3 is 30.6 Å². The van der Waals surface area contributed by atoms with Crippen LogP contribution in [0.25, 0.3) is 10.9 Å². The summed E-state index contributed by atoms with van der Waals surface area (Å²) in [6.45, 7) is 4.16. The van der Waals surface area contributed by atoms with Gasteiger partial charge in [-0.15, -0.1) is 0 Å². The molecule has 7 atom stereocenters. The van der Waals surface area contributed by atoms with Gasteiger partial charge in [-0.1, -0.05) is 44.0 Å². The van der Waals surface area contributed by atoms with Crippen molar-refractivity contribution in [1.29, 1.82) is 0 Å². The van der Waals surface area contributed by atoms with Gasteiger partial charge in [-0.2, -0.15) is 0 Å². The van der Waals surface area contributed by atoms with Crippen LogP contribution >= 0.6 is 0 Å². The number of carboxylic acid groups (broad SMARTS) is 1. The van der Waals surface area contributed by atoms with Crippen molar-refractivity contribution in [2.45, 2.75) is 122 Å². The number of aliphatic carboxylic acids is 1. The van der Waals surface area contributed by atoms with E-state index in [2.05, 4.69) is 22.5 Å². The van der Waals surface area contributed by atoms with Crippen LogP contribution in [0, 0.1) is 28.6 Å². The van der Waals surface area contributed by atoms with Gasteiger partial charge >= 0.3 is 11.9 Å². The first-order valence-electron chi connectivity index (χ1n) is 19.7. The number of aliphatic hydroxyl groups is 1. The molecule has 6 rings (SSSR count). The number of hydrogen-bond donors (Lipinski definition) is 5. The third-order valence-electron chi connectivity index (χ3n) is 13.6. The molecule has 1 heterocycles. The van der Waals surface area contributed by atoms with Crippen molar-refractivity contribution in [3.05, 3.63) is 47.7 Å². The molecule has 4 aliphatic carbocycles. The molecule has 292 valence electrons. The number of ketones is 2. The summed E-state index contributed by atoms with van der Waals surface area (Å²) in [5.41, 5.74) is 0.808. The summed E-state index contributed by atoms with van der Waals surface area (Å²) < 4.78 is 5.29. The van der Waals surface area contributed by atoms with Gasteiger partial charge in [0, 0.05) is 54.7 Å². The lowest BCUT2D eigenvalue weighted by molar-refractivity contribution is -0.170. The Hall–Kier alpha value is -4.32. The second-order valence-electron chi connectivity index (χ2n) is 16.6. The molecular formula is C42H55N3O9. The highest BCUT2D eigenvalue weighted by Crippen LogP contribution is 2.67. The molecule has 0 spiro atoms. The number of aromatic amines is 1. The molecule has 0 aliphatic heterocycles.